The molecule has 1 rings (SSSR count). The van der Waals surface area contributed by atoms with Crippen molar-refractivity contribution in [1.82, 2.24) is 4.37 Å². The molecule has 0 fully saturated rings. The number of rotatable bonds is 3. The number of aromatic nitrogens is 1. The molecule has 19 heavy (non-hydrogen) atoms. The van der Waals surface area contributed by atoms with Crippen molar-refractivity contribution in [3.05, 3.63) is 0 Å². The molecule has 0 radical (unpaired) electrons. The minimum absolute atomic E-state index is 0.0502. The van der Waals surface area contributed by atoms with E-state index in [1.165, 1.54) is 7.11 Å². The average molecular weight is 309 g/mol. The maximum Gasteiger partial charge on any atom is 0.413 e. The van der Waals surface area contributed by atoms with E-state index < -0.39 is 21.7 Å². The summed E-state index contributed by atoms with van der Waals surface area (Å²) in [5, 5.41) is 7.30. The number of sulfonamides is 1. The Morgan fingerprint density at radius 1 is 1.42 bits per heavy atom. The lowest BCUT2D eigenvalue weighted by molar-refractivity contribution is 0.0635. The molecular formula is C9H15N3O5S2. The number of nitrogens with two attached hydrogens (primary N) is 1. The first kappa shape index (κ1) is 15.7. The summed E-state index contributed by atoms with van der Waals surface area (Å²) < 4.78 is 35.9. The minimum atomic E-state index is -3.96. The summed E-state index contributed by atoms with van der Waals surface area (Å²) in [5.74, 6) is -0.163. The molecule has 1 amide bonds. The van der Waals surface area contributed by atoms with Crippen LogP contribution in [-0.4, -0.2) is 31.6 Å². The number of ether oxygens (including phenoxy) is 2. The van der Waals surface area contributed by atoms with E-state index in [1.807, 2.05) is 0 Å². The molecule has 8 nitrogen and oxygen atoms in total. The highest BCUT2D eigenvalue weighted by molar-refractivity contribution is 7.91. The van der Waals surface area contributed by atoms with Crippen LogP contribution >= 0.6 is 11.5 Å². The molecule has 1 aromatic rings. The molecule has 0 unspecified atom stereocenters. The molecule has 0 saturated carbocycles. The number of nitrogens with one attached hydrogen (secondary N) is 1. The highest BCUT2D eigenvalue weighted by atomic mass is 32.2. The van der Waals surface area contributed by atoms with E-state index in [4.69, 9.17) is 14.6 Å². The second-order valence-corrected chi connectivity index (χ2v) is 7.05. The summed E-state index contributed by atoms with van der Waals surface area (Å²) in [4.78, 5) is 11.6. The second-order valence-electron chi connectivity index (χ2n) is 4.52. The van der Waals surface area contributed by atoms with Gasteiger partial charge in [-0.25, -0.2) is 18.4 Å². The molecule has 3 N–H and O–H groups in total. The fraction of sp³-hybridized carbons (Fsp3) is 0.556. The van der Waals surface area contributed by atoms with Gasteiger partial charge in [0.25, 0.3) is 10.0 Å². The molecule has 1 heterocycles. The Kier molecular flexibility index (Phi) is 4.38. The highest BCUT2D eigenvalue weighted by Crippen LogP contribution is 2.34. The number of hydrogen-bond acceptors (Lipinski definition) is 7. The van der Waals surface area contributed by atoms with E-state index in [0.717, 1.165) is 0 Å². The predicted octanol–water partition coefficient (Wildman–Crippen LogP) is 1.15. The number of anilines is 1. The van der Waals surface area contributed by atoms with Crippen LogP contribution in [-0.2, 0) is 14.8 Å². The van der Waals surface area contributed by atoms with Crippen LogP contribution in [0.25, 0.3) is 0 Å². The van der Waals surface area contributed by atoms with Gasteiger partial charge in [0, 0.05) is 0 Å². The molecule has 1 aromatic heterocycles. The van der Waals surface area contributed by atoms with Crippen LogP contribution in [0.15, 0.2) is 4.21 Å². The lowest BCUT2D eigenvalue weighted by atomic mass is 10.2. The zero-order valence-corrected chi connectivity index (χ0v) is 12.5. The topological polar surface area (TPSA) is 121 Å². The third-order valence-corrected chi connectivity index (χ3v) is 3.95. The van der Waals surface area contributed by atoms with Gasteiger partial charge in [-0.2, -0.15) is 4.37 Å². The lowest BCUT2D eigenvalue weighted by Gasteiger charge is -2.19. The normalized spacial score (nSPS) is 12.1. The van der Waals surface area contributed by atoms with Crippen molar-refractivity contribution in [2.24, 2.45) is 5.14 Å². The first-order valence-corrected chi connectivity index (χ1v) is 7.43. The van der Waals surface area contributed by atoms with Gasteiger partial charge >= 0.3 is 6.09 Å². The van der Waals surface area contributed by atoms with Gasteiger partial charge in [0.15, 0.2) is 15.8 Å². The summed E-state index contributed by atoms with van der Waals surface area (Å²) in [6, 6.07) is 0. The Balaban J connectivity index is 2.98. The van der Waals surface area contributed by atoms with Crippen LogP contribution in [0.3, 0.4) is 0 Å². The molecule has 10 heteroatoms. The smallest absolute Gasteiger partial charge is 0.413 e. The largest absolute Gasteiger partial charge is 0.491 e. The van der Waals surface area contributed by atoms with Crippen LogP contribution in [0, 0.1) is 0 Å². The van der Waals surface area contributed by atoms with E-state index in [2.05, 4.69) is 9.69 Å². The third-order valence-electron chi connectivity index (χ3n) is 1.70. The van der Waals surface area contributed by atoms with E-state index in [0.29, 0.717) is 11.5 Å². The zero-order chi connectivity index (χ0) is 14.8. The van der Waals surface area contributed by atoms with E-state index >= 15 is 0 Å². The number of methoxy groups -OCH3 is 1. The number of hydrogen-bond donors (Lipinski definition) is 2. The first-order valence-electron chi connectivity index (χ1n) is 5.11. The van der Waals surface area contributed by atoms with Crippen molar-refractivity contribution in [2.45, 2.75) is 30.6 Å². The van der Waals surface area contributed by atoms with Crippen molar-refractivity contribution < 1.29 is 22.7 Å². The van der Waals surface area contributed by atoms with Crippen molar-refractivity contribution in [2.75, 3.05) is 12.4 Å². The van der Waals surface area contributed by atoms with Crippen molar-refractivity contribution >= 4 is 33.5 Å². The average Bonchev–Trinajstić information content (AvgIpc) is 2.56. The van der Waals surface area contributed by atoms with Crippen LogP contribution in [0.5, 0.6) is 5.75 Å². The number of carbonyl (C=O) groups excluding carboxylic acids is 1. The number of amides is 1. The molecule has 0 spiro atoms. The number of nitrogens with zero attached hydrogens (tertiary/aromatic N) is 1. The van der Waals surface area contributed by atoms with Gasteiger partial charge in [-0.05, 0) is 32.3 Å². The molecule has 0 aromatic carbocycles. The van der Waals surface area contributed by atoms with E-state index in [9.17, 15) is 13.2 Å². The monoisotopic (exact) mass is 309 g/mol. The molecule has 0 aliphatic heterocycles. The van der Waals surface area contributed by atoms with Gasteiger partial charge < -0.3 is 9.47 Å². The molecule has 108 valence electrons. The molecule has 0 bridgehead atoms. The van der Waals surface area contributed by atoms with Crippen LogP contribution in [0.1, 0.15) is 20.8 Å². The Hall–Kier alpha value is -1.39. The maximum absolute atomic E-state index is 11.6. The van der Waals surface area contributed by atoms with E-state index in [1.54, 1.807) is 20.8 Å². The number of primary sulfonamides is 1. The fourth-order valence-electron chi connectivity index (χ4n) is 1.11. The predicted molar refractivity (Wildman–Crippen MR) is 69.9 cm³/mol. The maximum atomic E-state index is 11.6. The van der Waals surface area contributed by atoms with E-state index in [-0.39, 0.29) is 15.8 Å². The van der Waals surface area contributed by atoms with Crippen LogP contribution in [0.2, 0.25) is 0 Å². The Morgan fingerprint density at radius 3 is 2.42 bits per heavy atom. The summed E-state index contributed by atoms with van der Waals surface area (Å²) >= 11 is 0.609. The van der Waals surface area contributed by atoms with Crippen molar-refractivity contribution in [3.63, 3.8) is 0 Å². The standard InChI is InChI=1S/C9H15N3O5S2/c1-9(2,3)17-8(13)11-6-5(16-4)7(18-12-6)19(10,14)15/h1-4H3,(H2,10,14,15)(H,11,12,13). The van der Waals surface area contributed by atoms with Crippen LogP contribution in [0.4, 0.5) is 10.6 Å². The molecule has 0 atom stereocenters. The number of carbonyl (C=O) groups is 1. The summed E-state index contributed by atoms with van der Waals surface area (Å²) in [6.45, 7) is 5.09. The van der Waals surface area contributed by atoms with Gasteiger partial charge in [0.1, 0.15) is 5.60 Å². The van der Waals surface area contributed by atoms with Gasteiger partial charge in [-0.3, -0.25) is 5.32 Å². The molecular weight excluding hydrogens is 294 g/mol. The fourth-order valence-corrected chi connectivity index (χ4v) is 2.64. The lowest BCUT2D eigenvalue weighted by Crippen LogP contribution is -2.27. The second kappa shape index (κ2) is 5.31. The van der Waals surface area contributed by atoms with Crippen molar-refractivity contribution in [3.8, 4) is 5.75 Å². The Labute approximate surface area is 115 Å². The Bertz CT molecular complexity index is 573. The van der Waals surface area contributed by atoms with Crippen LogP contribution < -0.4 is 15.2 Å². The Morgan fingerprint density at radius 2 is 2.00 bits per heavy atom. The summed E-state index contributed by atoms with van der Waals surface area (Å²) in [6.07, 6.45) is -0.767. The highest BCUT2D eigenvalue weighted by Gasteiger charge is 2.25. The quantitative estimate of drug-likeness (QED) is 0.864. The van der Waals surface area contributed by atoms with Crippen molar-refractivity contribution in [1.29, 1.82) is 0 Å². The molecule has 0 saturated heterocycles. The molecule has 0 aliphatic rings. The SMILES string of the molecule is COc1c(NC(=O)OC(C)(C)C)nsc1S(N)(=O)=O. The van der Waals surface area contributed by atoms with Gasteiger partial charge in [-0.1, -0.05) is 0 Å². The summed E-state index contributed by atoms with van der Waals surface area (Å²) in [7, 11) is -2.71. The van der Waals surface area contributed by atoms with Gasteiger partial charge in [0.05, 0.1) is 7.11 Å². The van der Waals surface area contributed by atoms with Gasteiger partial charge in [0.2, 0.25) is 0 Å². The van der Waals surface area contributed by atoms with Gasteiger partial charge in [-0.15, -0.1) is 0 Å². The minimum Gasteiger partial charge on any atom is -0.491 e. The zero-order valence-electron chi connectivity index (χ0n) is 10.9. The third kappa shape index (κ3) is 4.33. The first-order chi connectivity index (χ1) is 8.54. The summed E-state index contributed by atoms with van der Waals surface area (Å²) in [5.41, 5.74) is -0.684. The molecule has 0 aliphatic carbocycles.